The van der Waals surface area contributed by atoms with Gasteiger partial charge in [0.15, 0.2) is 0 Å². The van der Waals surface area contributed by atoms with Gasteiger partial charge in [-0.3, -0.25) is 14.7 Å². The van der Waals surface area contributed by atoms with Crippen molar-refractivity contribution >= 4 is 35.0 Å². The minimum absolute atomic E-state index is 0.148. The highest BCUT2D eigenvalue weighted by Gasteiger charge is 2.28. The highest BCUT2D eigenvalue weighted by molar-refractivity contribution is 6.32. The van der Waals surface area contributed by atoms with Crippen molar-refractivity contribution in [3.8, 4) is 5.75 Å². The fourth-order valence-electron chi connectivity index (χ4n) is 5.07. The molecule has 2 aromatic carbocycles. The van der Waals surface area contributed by atoms with Crippen molar-refractivity contribution in [3.05, 3.63) is 83.1 Å². The number of aromatic nitrogens is 1. The molecule has 1 heterocycles. The smallest absolute Gasteiger partial charge is 0.414 e. The van der Waals surface area contributed by atoms with Crippen LogP contribution in [0.3, 0.4) is 0 Å². The van der Waals surface area contributed by atoms with Crippen molar-refractivity contribution in [1.29, 1.82) is 0 Å². The molecule has 0 aliphatic heterocycles. The Morgan fingerprint density at radius 1 is 0.975 bits per heavy atom. The average Bonchev–Trinajstić information content (AvgIpc) is 3.45. The Bertz CT molecular complexity index is 1290. The zero-order valence-corrected chi connectivity index (χ0v) is 24.5. The highest BCUT2D eigenvalue weighted by atomic mass is 35.5. The Kier molecular flexibility index (Phi) is 9.69. The van der Waals surface area contributed by atoms with Gasteiger partial charge in [0, 0.05) is 40.8 Å². The van der Waals surface area contributed by atoms with Crippen LogP contribution in [-0.2, 0) is 4.74 Å². The van der Waals surface area contributed by atoms with Crippen LogP contribution in [0.5, 0.6) is 5.75 Å². The fourth-order valence-corrected chi connectivity index (χ4v) is 5.43. The second-order valence-corrected chi connectivity index (χ2v) is 11.3. The Morgan fingerprint density at radius 3 is 2.25 bits per heavy atom. The van der Waals surface area contributed by atoms with E-state index in [0.717, 1.165) is 36.9 Å². The van der Waals surface area contributed by atoms with E-state index in [1.54, 1.807) is 41.6 Å². The van der Waals surface area contributed by atoms with E-state index in [2.05, 4.69) is 4.98 Å². The van der Waals surface area contributed by atoms with Crippen LogP contribution in [0.1, 0.15) is 75.2 Å². The van der Waals surface area contributed by atoms with Gasteiger partial charge in [-0.25, -0.2) is 4.79 Å². The summed E-state index contributed by atoms with van der Waals surface area (Å²) in [6.45, 7) is 8.38. The van der Waals surface area contributed by atoms with Crippen molar-refractivity contribution < 1.29 is 19.1 Å². The molecule has 1 fully saturated rings. The molecule has 2 amide bonds. The van der Waals surface area contributed by atoms with Crippen LogP contribution in [0, 0.1) is 0 Å². The Labute approximate surface area is 242 Å². The van der Waals surface area contributed by atoms with Crippen molar-refractivity contribution in [3.63, 3.8) is 0 Å². The summed E-state index contributed by atoms with van der Waals surface area (Å²) in [5, 5.41) is 0.537. The van der Waals surface area contributed by atoms with Gasteiger partial charge >= 0.3 is 6.09 Å². The van der Waals surface area contributed by atoms with Crippen LogP contribution < -0.4 is 14.5 Å². The van der Waals surface area contributed by atoms with E-state index < -0.39 is 11.7 Å². The lowest BCUT2D eigenvalue weighted by Crippen LogP contribution is -2.39. The molecule has 1 aliphatic rings. The lowest BCUT2D eigenvalue weighted by atomic mass is 9.95. The van der Waals surface area contributed by atoms with Crippen LogP contribution in [0.4, 0.5) is 16.2 Å². The number of benzene rings is 2. The molecule has 212 valence electrons. The van der Waals surface area contributed by atoms with Crippen LogP contribution in [0.2, 0.25) is 5.02 Å². The predicted octanol–water partition coefficient (Wildman–Crippen LogP) is 7.88. The minimum Gasteiger partial charge on any atom is -0.491 e. The van der Waals surface area contributed by atoms with Gasteiger partial charge in [-0.2, -0.15) is 0 Å². The summed E-state index contributed by atoms with van der Waals surface area (Å²) in [4.78, 5) is 34.0. The SMILES string of the molecule is CCN(C(=O)c1cc(Cl)c(C2CCCC2)c(OCCN(C(=O)OC(C)(C)C)c2ccncc2)c1)c1ccccc1. The number of para-hydroxylation sites is 1. The second-order valence-electron chi connectivity index (χ2n) is 10.9. The van der Waals surface area contributed by atoms with Crippen LogP contribution in [0.25, 0.3) is 0 Å². The molecule has 40 heavy (non-hydrogen) atoms. The normalized spacial score (nSPS) is 13.6. The summed E-state index contributed by atoms with van der Waals surface area (Å²) < 4.78 is 12.0. The molecule has 0 N–H and O–H groups in total. The summed E-state index contributed by atoms with van der Waals surface area (Å²) >= 11 is 6.87. The Morgan fingerprint density at radius 2 is 1.62 bits per heavy atom. The summed E-state index contributed by atoms with van der Waals surface area (Å²) in [6, 6.07) is 16.7. The largest absolute Gasteiger partial charge is 0.491 e. The van der Waals surface area contributed by atoms with Crippen LogP contribution in [0.15, 0.2) is 67.0 Å². The molecule has 0 spiro atoms. The predicted molar refractivity (Wildman–Crippen MR) is 160 cm³/mol. The first-order valence-corrected chi connectivity index (χ1v) is 14.3. The van der Waals surface area contributed by atoms with E-state index in [1.165, 1.54) is 4.90 Å². The van der Waals surface area contributed by atoms with E-state index in [0.29, 0.717) is 28.6 Å². The number of carbonyl (C=O) groups excluding carboxylic acids is 2. The standard InChI is InChI=1S/C32H38ClN3O4/c1-5-35(25-13-7-6-8-14-25)30(37)24-21-27(33)29(23-11-9-10-12-23)28(22-24)39-20-19-36(26-15-17-34-18-16-26)31(38)40-32(2,3)4/h6-8,13-18,21-23H,5,9-12,19-20H2,1-4H3. The Balaban J connectivity index is 1.61. The zero-order chi connectivity index (χ0) is 28.7. The highest BCUT2D eigenvalue weighted by Crippen LogP contribution is 2.43. The van der Waals surface area contributed by atoms with Crippen molar-refractivity contribution in [2.45, 2.75) is 64.9 Å². The first-order chi connectivity index (χ1) is 19.2. The van der Waals surface area contributed by atoms with Crippen molar-refractivity contribution in [2.24, 2.45) is 0 Å². The van der Waals surface area contributed by atoms with E-state index >= 15 is 0 Å². The molecule has 1 aliphatic carbocycles. The summed E-state index contributed by atoms with van der Waals surface area (Å²) in [6.07, 6.45) is 7.10. The van der Waals surface area contributed by atoms with Gasteiger partial charge in [-0.15, -0.1) is 0 Å². The summed E-state index contributed by atoms with van der Waals surface area (Å²) in [5.74, 6) is 0.710. The monoisotopic (exact) mass is 563 g/mol. The average molecular weight is 564 g/mol. The molecule has 1 saturated carbocycles. The molecular formula is C32H38ClN3O4. The quantitative estimate of drug-likeness (QED) is 0.265. The number of carbonyl (C=O) groups is 2. The molecular weight excluding hydrogens is 526 g/mol. The number of anilines is 2. The summed E-state index contributed by atoms with van der Waals surface area (Å²) in [7, 11) is 0. The van der Waals surface area contributed by atoms with E-state index in [1.807, 2.05) is 58.0 Å². The fraction of sp³-hybridized carbons (Fsp3) is 0.406. The number of nitrogens with zero attached hydrogens (tertiary/aromatic N) is 3. The molecule has 8 heteroatoms. The number of hydrogen-bond donors (Lipinski definition) is 0. The van der Waals surface area contributed by atoms with Crippen molar-refractivity contribution in [2.75, 3.05) is 29.5 Å². The van der Waals surface area contributed by atoms with Gasteiger partial charge in [0.05, 0.1) is 12.2 Å². The van der Waals surface area contributed by atoms with Crippen LogP contribution >= 0.6 is 11.6 Å². The van der Waals surface area contributed by atoms with Gasteiger partial charge in [0.1, 0.15) is 18.0 Å². The van der Waals surface area contributed by atoms with E-state index in [9.17, 15) is 9.59 Å². The van der Waals surface area contributed by atoms with Gasteiger partial charge in [-0.05, 0) is 82.9 Å². The van der Waals surface area contributed by atoms with Gasteiger partial charge < -0.3 is 14.4 Å². The minimum atomic E-state index is -0.648. The first-order valence-electron chi connectivity index (χ1n) is 13.9. The van der Waals surface area contributed by atoms with Crippen LogP contribution in [-0.4, -0.2) is 42.3 Å². The third-order valence-electron chi connectivity index (χ3n) is 6.89. The zero-order valence-electron chi connectivity index (χ0n) is 23.7. The number of ether oxygens (including phenoxy) is 2. The third-order valence-corrected chi connectivity index (χ3v) is 7.20. The molecule has 0 saturated heterocycles. The van der Waals surface area contributed by atoms with Gasteiger partial charge in [-0.1, -0.05) is 42.6 Å². The molecule has 0 unspecified atom stereocenters. The number of rotatable bonds is 9. The van der Waals surface area contributed by atoms with E-state index in [4.69, 9.17) is 21.1 Å². The number of hydrogen-bond acceptors (Lipinski definition) is 5. The lowest BCUT2D eigenvalue weighted by molar-refractivity contribution is 0.0575. The summed E-state index contributed by atoms with van der Waals surface area (Å²) in [5.41, 5.74) is 2.23. The topological polar surface area (TPSA) is 72.0 Å². The number of pyridine rings is 1. The third kappa shape index (κ3) is 7.33. The molecule has 7 nitrogen and oxygen atoms in total. The van der Waals surface area contributed by atoms with Crippen molar-refractivity contribution in [1.82, 2.24) is 4.98 Å². The molecule has 1 aromatic heterocycles. The molecule has 0 radical (unpaired) electrons. The van der Waals surface area contributed by atoms with E-state index in [-0.39, 0.29) is 25.0 Å². The molecule has 0 bridgehead atoms. The maximum Gasteiger partial charge on any atom is 0.414 e. The maximum atomic E-state index is 13.6. The molecule has 4 rings (SSSR count). The number of amides is 2. The second kappa shape index (κ2) is 13.2. The first kappa shape index (κ1) is 29.4. The molecule has 3 aromatic rings. The maximum absolute atomic E-state index is 13.6. The Hall–Kier alpha value is -3.58. The van der Waals surface area contributed by atoms with Gasteiger partial charge in [0.2, 0.25) is 0 Å². The van der Waals surface area contributed by atoms with Gasteiger partial charge in [0.25, 0.3) is 5.91 Å². The molecule has 0 atom stereocenters. The number of halogens is 1. The lowest BCUT2D eigenvalue weighted by Gasteiger charge is -2.28.